The van der Waals surface area contributed by atoms with Crippen molar-refractivity contribution >= 4 is 22.7 Å². The summed E-state index contributed by atoms with van der Waals surface area (Å²) in [6.45, 7) is 2.71. The van der Waals surface area contributed by atoms with Gasteiger partial charge in [0.15, 0.2) is 0 Å². The summed E-state index contributed by atoms with van der Waals surface area (Å²) in [4.78, 5) is 15.3. The average Bonchev–Trinajstić information content (AvgIpc) is 2.97. The van der Waals surface area contributed by atoms with E-state index in [1.807, 2.05) is 59.5 Å². The van der Waals surface area contributed by atoms with Crippen molar-refractivity contribution in [1.82, 2.24) is 0 Å². The smallest absolute Gasteiger partial charge is 0.259 e. The van der Waals surface area contributed by atoms with Gasteiger partial charge in [-0.2, -0.15) is 0 Å². The Labute approximate surface area is 154 Å². The minimum absolute atomic E-state index is 0.0933. The van der Waals surface area contributed by atoms with Gasteiger partial charge in [-0.15, -0.1) is 0 Å². The van der Waals surface area contributed by atoms with Crippen LogP contribution in [0.25, 0.3) is 11.1 Å². The van der Waals surface area contributed by atoms with Crippen molar-refractivity contribution in [3.8, 4) is 0 Å². The molecule has 2 nitrogen and oxygen atoms in total. The van der Waals surface area contributed by atoms with E-state index in [1.54, 1.807) is 0 Å². The molecule has 0 N–H and O–H groups in total. The van der Waals surface area contributed by atoms with Crippen LogP contribution in [0.2, 0.25) is 0 Å². The average molecular weight is 339 g/mol. The third-order valence-corrected chi connectivity index (χ3v) is 4.88. The fraction of sp³-hybridized carbons (Fsp3) is 0.125. The predicted octanol–water partition coefficient (Wildman–Crippen LogP) is 5.55. The van der Waals surface area contributed by atoms with E-state index in [9.17, 15) is 4.79 Å². The van der Waals surface area contributed by atoms with E-state index in [1.165, 1.54) is 0 Å². The van der Waals surface area contributed by atoms with Gasteiger partial charge in [-0.1, -0.05) is 85.8 Å². The lowest BCUT2D eigenvalue weighted by molar-refractivity contribution is -0.113. The highest BCUT2D eigenvalue weighted by molar-refractivity contribution is 6.37. The summed E-state index contributed by atoms with van der Waals surface area (Å²) in [6, 6.07) is 28.5. The Balaban J connectivity index is 1.85. The molecule has 0 atom stereocenters. The highest BCUT2D eigenvalue weighted by atomic mass is 16.2. The van der Waals surface area contributed by atoms with Crippen molar-refractivity contribution in [2.75, 3.05) is 4.90 Å². The van der Waals surface area contributed by atoms with Crippen molar-refractivity contribution in [2.24, 2.45) is 0 Å². The molecule has 3 aromatic rings. The topological polar surface area (TPSA) is 20.3 Å². The van der Waals surface area contributed by atoms with Crippen LogP contribution in [0.4, 0.5) is 5.69 Å². The molecule has 0 fully saturated rings. The van der Waals surface area contributed by atoms with Crippen molar-refractivity contribution in [3.63, 3.8) is 0 Å². The van der Waals surface area contributed by atoms with Gasteiger partial charge in [0.1, 0.15) is 0 Å². The molecule has 2 heteroatoms. The summed E-state index contributed by atoms with van der Waals surface area (Å²) in [5.74, 6) is 0.0933. The lowest BCUT2D eigenvalue weighted by Crippen LogP contribution is -2.26. The zero-order valence-corrected chi connectivity index (χ0v) is 14.9. The quantitative estimate of drug-likeness (QED) is 0.570. The first-order valence-corrected chi connectivity index (χ1v) is 9.03. The van der Waals surface area contributed by atoms with Crippen LogP contribution in [0.3, 0.4) is 0 Å². The summed E-state index contributed by atoms with van der Waals surface area (Å²) < 4.78 is 0. The second-order valence-corrected chi connectivity index (χ2v) is 6.47. The molecule has 0 saturated heterocycles. The zero-order chi connectivity index (χ0) is 17.9. The molecule has 1 heterocycles. The Morgan fingerprint density at radius 1 is 0.808 bits per heavy atom. The highest BCUT2D eigenvalue weighted by Crippen LogP contribution is 2.42. The number of fused-ring (bicyclic) bond motifs is 1. The summed E-state index contributed by atoms with van der Waals surface area (Å²) in [6.07, 6.45) is 0.818. The molecule has 128 valence electrons. The van der Waals surface area contributed by atoms with Crippen LogP contribution < -0.4 is 4.90 Å². The molecule has 1 aliphatic heterocycles. The Hall–Kier alpha value is -3.13. The molecule has 0 bridgehead atoms. The Bertz CT molecular complexity index is 958. The van der Waals surface area contributed by atoms with Crippen molar-refractivity contribution < 1.29 is 4.79 Å². The molecule has 3 aromatic carbocycles. The number of carbonyl (C=O) groups excluding carboxylic acids is 1. The van der Waals surface area contributed by atoms with Crippen LogP contribution >= 0.6 is 0 Å². The van der Waals surface area contributed by atoms with Crippen LogP contribution in [0.5, 0.6) is 0 Å². The van der Waals surface area contributed by atoms with Gasteiger partial charge in [0.25, 0.3) is 5.91 Å². The van der Waals surface area contributed by atoms with E-state index >= 15 is 0 Å². The molecule has 26 heavy (non-hydrogen) atoms. The zero-order valence-electron chi connectivity index (χ0n) is 14.9. The van der Waals surface area contributed by atoms with Crippen LogP contribution in [-0.2, 0) is 11.3 Å². The first-order chi connectivity index (χ1) is 12.8. The number of carbonyl (C=O) groups is 1. The van der Waals surface area contributed by atoms with Crippen LogP contribution in [0.15, 0.2) is 84.9 Å². The van der Waals surface area contributed by atoms with Crippen LogP contribution in [0.1, 0.15) is 30.0 Å². The first kappa shape index (κ1) is 16.3. The molecule has 0 saturated carbocycles. The van der Waals surface area contributed by atoms with Crippen LogP contribution in [-0.4, -0.2) is 5.91 Å². The van der Waals surface area contributed by atoms with Crippen molar-refractivity contribution in [1.29, 1.82) is 0 Å². The van der Waals surface area contributed by atoms with Crippen molar-refractivity contribution in [3.05, 3.63) is 102 Å². The van der Waals surface area contributed by atoms with E-state index < -0.39 is 0 Å². The number of para-hydroxylation sites is 1. The largest absolute Gasteiger partial charge is 0.303 e. The minimum Gasteiger partial charge on any atom is -0.303 e. The van der Waals surface area contributed by atoms with Gasteiger partial charge in [0.2, 0.25) is 0 Å². The number of nitrogens with zero attached hydrogens (tertiary/aromatic N) is 1. The van der Waals surface area contributed by atoms with Gasteiger partial charge in [0.05, 0.1) is 17.8 Å². The first-order valence-electron chi connectivity index (χ1n) is 9.03. The predicted molar refractivity (Wildman–Crippen MR) is 108 cm³/mol. The van der Waals surface area contributed by atoms with E-state index in [0.29, 0.717) is 6.54 Å². The number of benzene rings is 3. The highest BCUT2D eigenvalue weighted by Gasteiger charge is 2.34. The second-order valence-electron chi connectivity index (χ2n) is 6.47. The molecule has 0 aromatic heterocycles. The molecule has 0 spiro atoms. The molecule has 0 radical (unpaired) electrons. The van der Waals surface area contributed by atoms with Gasteiger partial charge >= 0.3 is 0 Å². The van der Waals surface area contributed by atoms with Crippen molar-refractivity contribution in [2.45, 2.75) is 19.9 Å². The molecular weight excluding hydrogens is 318 g/mol. The van der Waals surface area contributed by atoms with E-state index in [0.717, 1.165) is 39.9 Å². The standard InChI is InChI=1S/C24H21NO/c1-2-20(19-13-7-4-8-14-19)23-21-15-9-10-16-22(21)25(24(23)26)17-18-11-5-3-6-12-18/h3-16H,2,17H2,1H3/b23-20+. The second kappa shape index (κ2) is 7.01. The van der Waals surface area contributed by atoms with Gasteiger partial charge < -0.3 is 4.90 Å². The maximum absolute atomic E-state index is 13.4. The lowest BCUT2D eigenvalue weighted by Gasteiger charge is -2.17. The normalized spacial score (nSPS) is 15.1. The number of anilines is 1. The minimum atomic E-state index is 0.0933. The molecule has 0 unspecified atom stereocenters. The van der Waals surface area contributed by atoms with Gasteiger partial charge in [-0.3, -0.25) is 4.79 Å². The Morgan fingerprint density at radius 2 is 1.42 bits per heavy atom. The monoisotopic (exact) mass is 339 g/mol. The molecular formula is C24H21NO. The number of rotatable bonds is 4. The Morgan fingerprint density at radius 3 is 2.12 bits per heavy atom. The number of amides is 1. The summed E-state index contributed by atoms with van der Waals surface area (Å²) >= 11 is 0. The molecule has 4 rings (SSSR count). The molecule has 0 aliphatic carbocycles. The van der Waals surface area contributed by atoms with Gasteiger partial charge in [-0.25, -0.2) is 0 Å². The van der Waals surface area contributed by atoms with E-state index in [-0.39, 0.29) is 5.91 Å². The van der Waals surface area contributed by atoms with Gasteiger partial charge in [-0.05, 0) is 29.2 Å². The third kappa shape index (κ3) is 2.84. The van der Waals surface area contributed by atoms with Crippen LogP contribution in [0, 0.1) is 0 Å². The summed E-state index contributed by atoms with van der Waals surface area (Å²) in [5, 5.41) is 0. The summed E-state index contributed by atoms with van der Waals surface area (Å²) in [7, 11) is 0. The maximum Gasteiger partial charge on any atom is 0.259 e. The molecule has 1 aliphatic rings. The Kier molecular flexibility index (Phi) is 4.40. The fourth-order valence-electron chi connectivity index (χ4n) is 3.66. The van der Waals surface area contributed by atoms with E-state index in [4.69, 9.17) is 0 Å². The maximum atomic E-state index is 13.4. The van der Waals surface area contributed by atoms with E-state index in [2.05, 4.69) is 37.3 Å². The lowest BCUT2D eigenvalue weighted by atomic mass is 9.94. The number of hydrogen-bond donors (Lipinski definition) is 0. The summed E-state index contributed by atoms with van der Waals surface area (Å²) in [5.41, 5.74) is 6.24. The third-order valence-electron chi connectivity index (χ3n) is 4.88. The SMILES string of the molecule is CC/C(=C1\C(=O)N(Cc2ccccc2)c2ccccc21)c1ccccc1. The fourth-order valence-corrected chi connectivity index (χ4v) is 3.66. The molecule has 1 amide bonds. The number of allylic oxidation sites excluding steroid dienone is 1. The number of hydrogen-bond acceptors (Lipinski definition) is 1. The van der Waals surface area contributed by atoms with Gasteiger partial charge in [0, 0.05) is 5.56 Å².